The van der Waals surface area contributed by atoms with E-state index < -0.39 is 6.43 Å². The van der Waals surface area contributed by atoms with Gasteiger partial charge in [-0.2, -0.15) is 5.10 Å². The lowest BCUT2D eigenvalue weighted by atomic mass is 10.1. The fourth-order valence-electron chi connectivity index (χ4n) is 0.993. The zero-order chi connectivity index (χ0) is 11.3. The molecule has 0 unspecified atom stereocenters. The van der Waals surface area contributed by atoms with Crippen molar-refractivity contribution >= 4 is 23.5 Å². The van der Waals surface area contributed by atoms with Crippen molar-refractivity contribution in [3.8, 4) is 0 Å². The molecule has 0 saturated carbocycles. The van der Waals surface area contributed by atoms with Gasteiger partial charge in [0, 0.05) is 11.1 Å². The van der Waals surface area contributed by atoms with Crippen LogP contribution in [0.5, 0.6) is 0 Å². The highest BCUT2D eigenvalue weighted by Gasteiger charge is 2.09. The maximum atomic E-state index is 12.5. The molecule has 6 heteroatoms. The van der Waals surface area contributed by atoms with E-state index in [1.54, 1.807) is 12.1 Å². The van der Waals surface area contributed by atoms with E-state index in [0.29, 0.717) is 5.56 Å². The number of alkyl halides is 2. The predicted molar refractivity (Wildman–Crippen MR) is 58.9 cm³/mol. The minimum absolute atomic E-state index is 0.0132. The zero-order valence-electron chi connectivity index (χ0n) is 7.65. The Kier molecular flexibility index (Phi) is 4.11. The summed E-state index contributed by atoms with van der Waals surface area (Å²) < 4.78 is 25.0. The molecule has 0 atom stereocenters. The maximum Gasteiger partial charge on any atom is 0.264 e. The van der Waals surface area contributed by atoms with Crippen LogP contribution in [0, 0.1) is 0 Å². The largest absolute Gasteiger partial charge is 0.375 e. The molecule has 0 aromatic heterocycles. The second-order valence-corrected chi connectivity index (χ2v) is 3.10. The summed E-state index contributed by atoms with van der Waals surface area (Å²) >= 11 is 4.50. The van der Waals surface area contributed by atoms with Gasteiger partial charge in [-0.15, -0.1) is 0 Å². The van der Waals surface area contributed by atoms with Crippen molar-refractivity contribution in [1.29, 1.82) is 0 Å². The molecule has 0 spiro atoms. The summed E-state index contributed by atoms with van der Waals surface area (Å²) in [6.07, 6.45) is -1.28. The van der Waals surface area contributed by atoms with E-state index >= 15 is 0 Å². The average Bonchev–Trinajstić information content (AvgIpc) is 2.17. The van der Waals surface area contributed by atoms with Gasteiger partial charge in [0.1, 0.15) is 0 Å². The Balaban J connectivity index is 2.84. The fourth-order valence-corrected chi connectivity index (χ4v) is 1.05. The van der Waals surface area contributed by atoms with Crippen LogP contribution in [0.15, 0.2) is 29.4 Å². The van der Waals surface area contributed by atoms with Gasteiger partial charge < -0.3 is 5.73 Å². The van der Waals surface area contributed by atoms with Gasteiger partial charge in [-0.25, -0.2) is 8.78 Å². The van der Waals surface area contributed by atoms with Crippen LogP contribution in [-0.4, -0.2) is 11.3 Å². The molecule has 15 heavy (non-hydrogen) atoms. The molecule has 0 aliphatic heterocycles. The van der Waals surface area contributed by atoms with E-state index in [4.69, 9.17) is 5.73 Å². The van der Waals surface area contributed by atoms with Crippen molar-refractivity contribution in [1.82, 2.24) is 5.43 Å². The highest BCUT2D eigenvalue weighted by molar-refractivity contribution is 7.80. The molecular formula is C9H9F2N3S. The molecule has 0 aliphatic carbocycles. The molecule has 0 bridgehead atoms. The van der Waals surface area contributed by atoms with E-state index in [0.717, 1.165) is 0 Å². The van der Waals surface area contributed by atoms with Gasteiger partial charge in [-0.05, 0) is 12.2 Å². The first-order chi connectivity index (χ1) is 7.11. The van der Waals surface area contributed by atoms with Crippen LogP contribution in [0.1, 0.15) is 17.6 Å². The van der Waals surface area contributed by atoms with E-state index in [2.05, 4.69) is 22.7 Å². The van der Waals surface area contributed by atoms with E-state index in [1.807, 2.05) is 0 Å². The molecule has 0 amide bonds. The molecule has 3 N–H and O–H groups in total. The second kappa shape index (κ2) is 5.35. The van der Waals surface area contributed by atoms with Crippen molar-refractivity contribution in [3.63, 3.8) is 0 Å². The molecule has 1 aromatic carbocycles. The minimum atomic E-state index is -2.53. The van der Waals surface area contributed by atoms with Crippen LogP contribution in [0.3, 0.4) is 0 Å². The lowest BCUT2D eigenvalue weighted by Crippen LogP contribution is -2.24. The van der Waals surface area contributed by atoms with Gasteiger partial charge in [0.25, 0.3) is 6.43 Å². The Hall–Kier alpha value is -1.56. The second-order valence-electron chi connectivity index (χ2n) is 2.66. The summed E-state index contributed by atoms with van der Waals surface area (Å²) in [5, 5.41) is 3.60. The van der Waals surface area contributed by atoms with Crippen LogP contribution in [0.4, 0.5) is 8.78 Å². The number of benzene rings is 1. The topological polar surface area (TPSA) is 50.4 Å². The molecular weight excluding hydrogens is 220 g/mol. The number of halogens is 2. The Morgan fingerprint density at radius 1 is 1.47 bits per heavy atom. The normalized spacial score (nSPS) is 10.9. The van der Waals surface area contributed by atoms with Crippen LogP contribution in [-0.2, 0) is 0 Å². The van der Waals surface area contributed by atoms with Crippen molar-refractivity contribution in [2.45, 2.75) is 6.43 Å². The number of nitrogens with zero attached hydrogens (tertiary/aromatic N) is 1. The van der Waals surface area contributed by atoms with Crippen LogP contribution >= 0.6 is 12.2 Å². The number of hydrogen-bond donors (Lipinski definition) is 2. The van der Waals surface area contributed by atoms with Gasteiger partial charge in [0.05, 0.1) is 6.21 Å². The van der Waals surface area contributed by atoms with Crippen molar-refractivity contribution in [2.24, 2.45) is 10.8 Å². The molecule has 0 saturated heterocycles. The third-order valence-electron chi connectivity index (χ3n) is 1.61. The first kappa shape index (κ1) is 11.5. The third-order valence-corrected chi connectivity index (χ3v) is 1.70. The number of hydrogen-bond acceptors (Lipinski definition) is 2. The van der Waals surface area contributed by atoms with Gasteiger partial charge in [0.2, 0.25) is 0 Å². The Morgan fingerprint density at radius 3 is 2.73 bits per heavy atom. The van der Waals surface area contributed by atoms with Crippen LogP contribution in [0.2, 0.25) is 0 Å². The molecule has 0 aliphatic rings. The number of thiocarbonyl (C=S) groups is 1. The Labute approximate surface area is 91.0 Å². The zero-order valence-corrected chi connectivity index (χ0v) is 8.47. The van der Waals surface area contributed by atoms with Gasteiger partial charge in [-0.3, -0.25) is 5.43 Å². The van der Waals surface area contributed by atoms with Crippen LogP contribution in [0.25, 0.3) is 0 Å². The molecule has 3 nitrogen and oxygen atoms in total. The molecule has 0 fully saturated rings. The van der Waals surface area contributed by atoms with Crippen LogP contribution < -0.4 is 11.2 Å². The lowest BCUT2D eigenvalue weighted by Gasteiger charge is -2.03. The number of nitrogens with two attached hydrogens (primary N) is 1. The molecule has 0 heterocycles. The molecule has 1 rings (SSSR count). The highest BCUT2D eigenvalue weighted by atomic mass is 32.1. The molecule has 1 aromatic rings. The predicted octanol–water partition coefficient (Wildman–Crippen LogP) is 1.79. The third kappa shape index (κ3) is 3.59. The number of nitrogens with one attached hydrogen (secondary N) is 1. The molecule has 0 radical (unpaired) electrons. The lowest BCUT2D eigenvalue weighted by molar-refractivity contribution is 0.151. The fraction of sp³-hybridized carbons (Fsp3) is 0.111. The van der Waals surface area contributed by atoms with E-state index in [9.17, 15) is 8.78 Å². The van der Waals surface area contributed by atoms with Crippen molar-refractivity contribution in [2.75, 3.05) is 0 Å². The summed E-state index contributed by atoms with van der Waals surface area (Å²) in [4.78, 5) is 0. The molecule has 80 valence electrons. The SMILES string of the molecule is NC(=S)NN=Cc1ccccc1C(F)F. The average molecular weight is 229 g/mol. The summed E-state index contributed by atoms with van der Waals surface area (Å²) in [5.74, 6) is 0. The van der Waals surface area contributed by atoms with Gasteiger partial charge in [0.15, 0.2) is 5.11 Å². The quantitative estimate of drug-likeness (QED) is 0.472. The summed E-state index contributed by atoms with van der Waals surface area (Å²) in [7, 11) is 0. The summed E-state index contributed by atoms with van der Waals surface area (Å²) in [5.41, 5.74) is 7.66. The number of hydrazone groups is 1. The summed E-state index contributed by atoms with van der Waals surface area (Å²) in [6, 6.07) is 6.06. The summed E-state index contributed by atoms with van der Waals surface area (Å²) in [6.45, 7) is 0. The first-order valence-corrected chi connectivity index (χ1v) is 4.47. The standard InChI is InChI=1S/C9H9F2N3S/c10-8(11)7-4-2-1-3-6(7)5-13-14-9(12)15/h1-5,8H,(H3,12,14,15). The van der Waals surface area contributed by atoms with Gasteiger partial charge >= 0.3 is 0 Å². The Morgan fingerprint density at radius 2 is 2.13 bits per heavy atom. The van der Waals surface area contributed by atoms with Gasteiger partial charge in [-0.1, -0.05) is 24.3 Å². The highest BCUT2D eigenvalue weighted by Crippen LogP contribution is 2.21. The smallest absolute Gasteiger partial charge is 0.264 e. The van der Waals surface area contributed by atoms with E-state index in [-0.39, 0.29) is 10.7 Å². The Bertz CT molecular complexity index is 379. The van der Waals surface area contributed by atoms with Crippen molar-refractivity contribution in [3.05, 3.63) is 35.4 Å². The monoisotopic (exact) mass is 229 g/mol. The van der Waals surface area contributed by atoms with Crippen molar-refractivity contribution < 1.29 is 8.78 Å². The minimum Gasteiger partial charge on any atom is -0.375 e. The first-order valence-electron chi connectivity index (χ1n) is 4.07. The number of rotatable bonds is 3. The van der Waals surface area contributed by atoms with E-state index in [1.165, 1.54) is 18.3 Å². The maximum absolute atomic E-state index is 12.5.